The lowest BCUT2D eigenvalue weighted by atomic mass is 10.0. The molecule has 1 aromatic heterocycles. The minimum Gasteiger partial charge on any atom is -0.387 e. The Balaban J connectivity index is 1.62. The maximum atomic E-state index is 11.1. The molecule has 0 unspecified atom stereocenters. The van der Waals surface area contributed by atoms with Gasteiger partial charge in [0.2, 0.25) is 5.82 Å². The average Bonchev–Trinajstić information content (AvgIpc) is 3.06. The number of amides is 1. The van der Waals surface area contributed by atoms with Gasteiger partial charge < -0.3 is 10.8 Å². The minimum atomic E-state index is -0.615. The summed E-state index contributed by atoms with van der Waals surface area (Å²) in [5.41, 5.74) is 6.12. The van der Waals surface area contributed by atoms with E-state index in [1.165, 1.54) is 0 Å². The van der Waals surface area contributed by atoms with Crippen molar-refractivity contribution in [2.24, 2.45) is 5.73 Å². The van der Waals surface area contributed by atoms with Crippen LogP contribution in [0, 0.1) is 0 Å². The van der Waals surface area contributed by atoms with Crippen LogP contribution in [-0.4, -0.2) is 50.3 Å². The number of aliphatic hydroxyl groups is 1. The molecule has 0 aliphatic carbocycles. The Morgan fingerprint density at radius 3 is 2.87 bits per heavy atom. The van der Waals surface area contributed by atoms with Crippen molar-refractivity contribution < 1.29 is 9.90 Å². The van der Waals surface area contributed by atoms with Gasteiger partial charge in [-0.15, -0.1) is 5.10 Å². The van der Waals surface area contributed by atoms with Crippen molar-refractivity contribution in [3.05, 3.63) is 48.0 Å². The summed E-state index contributed by atoms with van der Waals surface area (Å²) in [6.07, 6.45) is 3.03. The van der Waals surface area contributed by atoms with Crippen LogP contribution in [0.5, 0.6) is 0 Å². The molecule has 1 aromatic carbocycles. The Hall–Kier alpha value is -2.25. The van der Waals surface area contributed by atoms with Crippen LogP contribution in [0.3, 0.4) is 0 Å². The van der Waals surface area contributed by atoms with Gasteiger partial charge in [-0.05, 0) is 24.9 Å². The number of aromatic nitrogens is 3. The number of likely N-dealkylation sites (tertiary alicyclic amines) is 1. The number of rotatable bonds is 5. The lowest BCUT2D eigenvalue weighted by molar-refractivity contribution is 0.0837. The topological polar surface area (TPSA) is 97.3 Å². The molecule has 122 valence electrons. The number of primary amides is 1. The van der Waals surface area contributed by atoms with E-state index in [1.807, 2.05) is 30.3 Å². The van der Waals surface area contributed by atoms with Crippen molar-refractivity contribution >= 4 is 5.91 Å². The molecule has 0 saturated carbocycles. The largest absolute Gasteiger partial charge is 0.387 e. The molecule has 7 nitrogen and oxygen atoms in total. The first-order valence-corrected chi connectivity index (χ1v) is 7.80. The van der Waals surface area contributed by atoms with Gasteiger partial charge in [0.05, 0.1) is 12.1 Å². The highest BCUT2D eigenvalue weighted by Gasteiger charge is 2.24. The van der Waals surface area contributed by atoms with Crippen molar-refractivity contribution in [2.45, 2.75) is 25.0 Å². The summed E-state index contributed by atoms with van der Waals surface area (Å²) >= 11 is 0. The summed E-state index contributed by atoms with van der Waals surface area (Å²) in [5, 5.41) is 14.5. The second-order valence-electron chi connectivity index (χ2n) is 5.89. The molecule has 1 fully saturated rings. The monoisotopic (exact) mass is 315 g/mol. The number of β-amino-alcohol motifs (C(OH)–C–C–N with tert-alkyl or cyclic N) is 1. The van der Waals surface area contributed by atoms with Gasteiger partial charge >= 0.3 is 0 Å². The molecular formula is C16H21N5O2. The first kappa shape index (κ1) is 15.6. The Morgan fingerprint density at radius 2 is 2.17 bits per heavy atom. The highest BCUT2D eigenvalue weighted by molar-refractivity contribution is 5.88. The number of piperidine rings is 1. The first-order valence-electron chi connectivity index (χ1n) is 7.80. The molecule has 2 heterocycles. The van der Waals surface area contributed by atoms with Gasteiger partial charge in [0.15, 0.2) is 0 Å². The number of nitrogens with zero attached hydrogens (tertiary/aromatic N) is 4. The zero-order valence-corrected chi connectivity index (χ0v) is 12.9. The molecular weight excluding hydrogens is 294 g/mol. The van der Waals surface area contributed by atoms with Crippen LogP contribution in [0.2, 0.25) is 0 Å². The Morgan fingerprint density at radius 1 is 1.39 bits per heavy atom. The lowest BCUT2D eigenvalue weighted by Crippen LogP contribution is -2.39. The van der Waals surface area contributed by atoms with Gasteiger partial charge in [0.25, 0.3) is 5.91 Å². The summed E-state index contributed by atoms with van der Waals surface area (Å²) in [6.45, 7) is 2.29. The Kier molecular flexibility index (Phi) is 4.68. The zero-order chi connectivity index (χ0) is 16.2. The summed E-state index contributed by atoms with van der Waals surface area (Å²) in [4.78, 5) is 17.3. The summed E-state index contributed by atoms with van der Waals surface area (Å²) in [5.74, 6) is -0.567. The van der Waals surface area contributed by atoms with Crippen LogP contribution >= 0.6 is 0 Å². The number of hydrogen-bond acceptors (Lipinski definition) is 5. The molecule has 1 aliphatic rings. The molecule has 3 rings (SSSR count). The third-order valence-electron chi connectivity index (χ3n) is 4.20. The standard InChI is InChI=1S/C16H21N5O2/c17-15(23)16-18-11-21(19-16)13-7-4-8-20(9-13)10-14(22)12-5-2-1-3-6-12/h1-3,5-6,11,13-14,22H,4,7-10H2,(H2,17,23)/t13-,14-/m0/s1. The number of aliphatic hydroxyl groups excluding tert-OH is 1. The van der Waals surface area contributed by atoms with E-state index < -0.39 is 12.0 Å². The minimum absolute atomic E-state index is 0.0476. The molecule has 1 amide bonds. The summed E-state index contributed by atoms with van der Waals surface area (Å²) in [7, 11) is 0. The van der Waals surface area contributed by atoms with Crippen LogP contribution in [0.15, 0.2) is 36.7 Å². The highest BCUT2D eigenvalue weighted by Crippen LogP contribution is 2.23. The van der Waals surface area contributed by atoms with E-state index in [2.05, 4.69) is 15.0 Å². The zero-order valence-electron chi connectivity index (χ0n) is 12.9. The van der Waals surface area contributed by atoms with Gasteiger partial charge in [0.1, 0.15) is 6.33 Å². The van der Waals surface area contributed by atoms with Crippen molar-refractivity contribution in [2.75, 3.05) is 19.6 Å². The molecule has 1 saturated heterocycles. The number of hydrogen-bond donors (Lipinski definition) is 2. The SMILES string of the molecule is NC(=O)c1ncn([C@H]2CCCN(C[C@H](O)c3ccccc3)C2)n1. The van der Waals surface area contributed by atoms with E-state index in [9.17, 15) is 9.90 Å². The summed E-state index contributed by atoms with van der Waals surface area (Å²) in [6, 6.07) is 9.81. The summed E-state index contributed by atoms with van der Waals surface area (Å²) < 4.78 is 1.71. The van der Waals surface area contributed by atoms with E-state index in [0.29, 0.717) is 6.54 Å². The maximum absolute atomic E-state index is 11.1. The van der Waals surface area contributed by atoms with Crippen LogP contribution in [0.25, 0.3) is 0 Å². The van der Waals surface area contributed by atoms with Crippen LogP contribution < -0.4 is 5.73 Å². The average molecular weight is 315 g/mol. The van der Waals surface area contributed by atoms with Crippen LogP contribution in [0.1, 0.15) is 41.2 Å². The van der Waals surface area contributed by atoms with Gasteiger partial charge in [-0.25, -0.2) is 9.67 Å². The Labute approximate surface area is 134 Å². The van der Waals surface area contributed by atoms with Gasteiger partial charge in [-0.3, -0.25) is 9.69 Å². The van der Waals surface area contributed by atoms with Crippen LogP contribution in [0.4, 0.5) is 0 Å². The fourth-order valence-electron chi connectivity index (χ4n) is 3.00. The number of carbonyl (C=O) groups excluding carboxylic acids is 1. The smallest absolute Gasteiger partial charge is 0.288 e. The van der Waals surface area contributed by atoms with Crippen molar-refractivity contribution in [1.29, 1.82) is 0 Å². The molecule has 7 heteroatoms. The molecule has 3 N–H and O–H groups in total. The van der Waals surface area contributed by atoms with Gasteiger partial charge in [0, 0.05) is 13.1 Å². The number of nitrogens with two attached hydrogens (primary N) is 1. The fourth-order valence-corrected chi connectivity index (χ4v) is 3.00. The molecule has 2 atom stereocenters. The van der Waals surface area contributed by atoms with Gasteiger partial charge in [-0.1, -0.05) is 30.3 Å². The maximum Gasteiger partial charge on any atom is 0.288 e. The van der Waals surface area contributed by atoms with E-state index in [4.69, 9.17) is 5.73 Å². The van der Waals surface area contributed by atoms with E-state index >= 15 is 0 Å². The third kappa shape index (κ3) is 3.75. The van der Waals surface area contributed by atoms with Crippen molar-refractivity contribution in [1.82, 2.24) is 19.7 Å². The molecule has 1 aliphatic heterocycles. The van der Waals surface area contributed by atoms with Crippen molar-refractivity contribution in [3.63, 3.8) is 0 Å². The van der Waals surface area contributed by atoms with Crippen LogP contribution in [-0.2, 0) is 0 Å². The van der Waals surface area contributed by atoms with E-state index in [0.717, 1.165) is 31.5 Å². The second-order valence-corrected chi connectivity index (χ2v) is 5.89. The van der Waals surface area contributed by atoms with Gasteiger partial charge in [-0.2, -0.15) is 0 Å². The van der Waals surface area contributed by atoms with E-state index in [1.54, 1.807) is 11.0 Å². The van der Waals surface area contributed by atoms with Crippen molar-refractivity contribution in [3.8, 4) is 0 Å². The predicted octanol–water partition coefficient (Wildman–Crippen LogP) is 0.747. The normalized spacial score (nSPS) is 20.3. The molecule has 2 aromatic rings. The number of carbonyl (C=O) groups is 1. The first-order chi connectivity index (χ1) is 11.1. The Bertz CT molecular complexity index is 658. The second kappa shape index (κ2) is 6.89. The molecule has 0 spiro atoms. The molecule has 0 bridgehead atoms. The highest BCUT2D eigenvalue weighted by atomic mass is 16.3. The lowest BCUT2D eigenvalue weighted by Gasteiger charge is -2.33. The molecule has 0 radical (unpaired) electrons. The van der Waals surface area contributed by atoms with E-state index in [-0.39, 0.29) is 11.9 Å². The number of benzene rings is 1. The quantitative estimate of drug-likeness (QED) is 0.848. The predicted molar refractivity (Wildman–Crippen MR) is 84.7 cm³/mol. The molecule has 23 heavy (non-hydrogen) atoms. The fraction of sp³-hybridized carbons (Fsp3) is 0.438. The third-order valence-corrected chi connectivity index (χ3v) is 4.20.